The average molecular weight is 398 g/mol. The van der Waals surface area contributed by atoms with Crippen molar-refractivity contribution in [1.82, 2.24) is 4.90 Å². The first kappa shape index (κ1) is 20.2. The zero-order chi connectivity index (χ0) is 20.3. The number of nitrogens with zero attached hydrogens (tertiary/aromatic N) is 1. The van der Waals surface area contributed by atoms with Gasteiger partial charge in [0.05, 0.1) is 18.8 Å². The largest absolute Gasteiger partial charge is 0.493 e. The molecule has 1 N–H and O–H groups in total. The molecule has 1 saturated heterocycles. The monoisotopic (exact) mass is 397 g/mol. The number of ether oxygens (including phenoxy) is 3. The predicted molar refractivity (Wildman–Crippen MR) is 112 cm³/mol. The molecule has 2 aromatic carbocycles. The quantitative estimate of drug-likeness (QED) is 0.771. The molecule has 0 spiro atoms. The molecule has 5 heteroatoms. The van der Waals surface area contributed by atoms with E-state index in [1.54, 1.807) is 7.11 Å². The van der Waals surface area contributed by atoms with Crippen molar-refractivity contribution in [1.29, 1.82) is 0 Å². The highest BCUT2D eigenvalue weighted by Crippen LogP contribution is 2.43. The molecule has 0 bridgehead atoms. The molecule has 2 aromatic rings. The molecule has 2 fully saturated rings. The Bertz CT molecular complexity index is 812. The lowest BCUT2D eigenvalue weighted by atomic mass is 9.79. The molecule has 4 rings (SSSR count). The highest BCUT2D eigenvalue weighted by Gasteiger charge is 2.50. The van der Waals surface area contributed by atoms with E-state index >= 15 is 0 Å². The fraction of sp³-hybridized carbons (Fsp3) is 0.500. The topological polar surface area (TPSA) is 51.2 Å². The Kier molecular flexibility index (Phi) is 6.09. The Balaban J connectivity index is 1.45. The van der Waals surface area contributed by atoms with E-state index in [2.05, 4.69) is 29.2 Å². The van der Waals surface area contributed by atoms with Gasteiger partial charge in [-0.3, -0.25) is 4.90 Å². The van der Waals surface area contributed by atoms with Gasteiger partial charge in [-0.05, 0) is 48.9 Å². The van der Waals surface area contributed by atoms with Crippen LogP contribution in [-0.2, 0) is 17.9 Å². The second-order valence-electron chi connectivity index (χ2n) is 8.19. The Morgan fingerprint density at radius 1 is 1.03 bits per heavy atom. The summed E-state index contributed by atoms with van der Waals surface area (Å²) in [5.74, 6) is 1.50. The van der Waals surface area contributed by atoms with Gasteiger partial charge in [0.25, 0.3) is 0 Å². The summed E-state index contributed by atoms with van der Waals surface area (Å²) >= 11 is 0. The molecule has 0 unspecified atom stereocenters. The predicted octanol–water partition coefficient (Wildman–Crippen LogP) is 3.78. The summed E-state index contributed by atoms with van der Waals surface area (Å²) in [5.41, 5.74) is 2.20. The normalized spacial score (nSPS) is 26.9. The zero-order valence-electron chi connectivity index (χ0n) is 17.3. The first-order chi connectivity index (χ1) is 14.1. The van der Waals surface area contributed by atoms with E-state index in [0.717, 1.165) is 55.8 Å². The molecule has 2 aliphatic rings. The van der Waals surface area contributed by atoms with Crippen LogP contribution in [-0.4, -0.2) is 48.5 Å². The van der Waals surface area contributed by atoms with Crippen molar-refractivity contribution in [3.8, 4) is 11.5 Å². The standard InChI is InChI=1S/C24H31NO4/c1-27-22-14-19(8-9-21(22)29-17-18-6-4-3-5-7-18)16-25-13-12-24(28-2)11-10-20(26)15-23(24)25/h3-9,14,20,23,26H,10-13,15-17H2,1-2H3/t20-,23+,24-/m1/s1. The fourth-order valence-electron chi connectivity index (χ4n) is 4.86. The van der Waals surface area contributed by atoms with Gasteiger partial charge in [-0.2, -0.15) is 0 Å². The molecule has 1 aliphatic carbocycles. The fourth-order valence-corrected chi connectivity index (χ4v) is 4.86. The first-order valence-corrected chi connectivity index (χ1v) is 10.4. The molecule has 1 saturated carbocycles. The van der Waals surface area contributed by atoms with Crippen molar-refractivity contribution in [2.45, 2.75) is 56.6 Å². The van der Waals surface area contributed by atoms with E-state index in [1.807, 2.05) is 31.4 Å². The lowest BCUT2D eigenvalue weighted by molar-refractivity contribution is -0.0879. The van der Waals surface area contributed by atoms with Gasteiger partial charge in [0.1, 0.15) is 6.61 Å². The van der Waals surface area contributed by atoms with Crippen LogP contribution in [0.2, 0.25) is 0 Å². The molecule has 1 heterocycles. The highest BCUT2D eigenvalue weighted by molar-refractivity contribution is 5.43. The SMILES string of the molecule is COc1cc(CN2CC[C@]3(OC)CC[C@@H](O)C[C@H]23)ccc1OCc1ccccc1. The van der Waals surface area contributed by atoms with Gasteiger partial charge < -0.3 is 19.3 Å². The van der Waals surface area contributed by atoms with E-state index in [9.17, 15) is 5.11 Å². The number of hydrogen-bond acceptors (Lipinski definition) is 5. The first-order valence-electron chi connectivity index (χ1n) is 10.4. The van der Waals surface area contributed by atoms with Crippen molar-refractivity contribution in [2.75, 3.05) is 20.8 Å². The van der Waals surface area contributed by atoms with Crippen LogP contribution < -0.4 is 9.47 Å². The third kappa shape index (κ3) is 4.27. The summed E-state index contributed by atoms with van der Waals surface area (Å²) in [4.78, 5) is 2.45. The van der Waals surface area contributed by atoms with Crippen LogP contribution in [0.15, 0.2) is 48.5 Å². The van der Waals surface area contributed by atoms with Crippen LogP contribution in [0.4, 0.5) is 0 Å². The molecule has 0 radical (unpaired) electrons. The van der Waals surface area contributed by atoms with E-state index in [-0.39, 0.29) is 17.7 Å². The summed E-state index contributed by atoms with van der Waals surface area (Å²) in [6.07, 6.45) is 3.34. The number of methoxy groups -OCH3 is 2. The van der Waals surface area contributed by atoms with Gasteiger partial charge >= 0.3 is 0 Å². The third-order valence-electron chi connectivity index (χ3n) is 6.52. The van der Waals surface area contributed by atoms with Gasteiger partial charge in [-0.1, -0.05) is 36.4 Å². The molecule has 1 aliphatic heterocycles. The van der Waals surface area contributed by atoms with Crippen molar-refractivity contribution >= 4 is 0 Å². The lowest BCUT2D eigenvalue weighted by Gasteiger charge is -2.42. The van der Waals surface area contributed by atoms with Crippen molar-refractivity contribution in [3.63, 3.8) is 0 Å². The molecule has 156 valence electrons. The Hall–Kier alpha value is -2.08. The Labute approximate surface area is 173 Å². The maximum Gasteiger partial charge on any atom is 0.161 e. The number of fused-ring (bicyclic) bond motifs is 1. The van der Waals surface area contributed by atoms with Gasteiger partial charge in [0, 0.05) is 26.2 Å². The Morgan fingerprint density at radius 3 is 2.62 bits per heavy atom. The summed E-state index contributed by atoms with van der Waals surface area (Å²) < 4.78 is 17.5. The number of likely N-dealkylation sites (tertiary alicyclic amines) is 1. The number of benzene rings is 2. The minimum atomic E-state index is -0.229. The van der Waals surface area contributed by atoms with E-state index in [4.69, 9.17) is 14.2 Å². The molecule has 5 nitrogen and oxygen atoms in total. The molecule has 29 heavy (non-hydrogen) atoms. The molecular weight excluding hydrogens is 366 g/mol. The zero-order valence-corrected chi connectivity index (χ0v) is 17.3. The second kappa shape index (κ2) is 8.74. The van der Waals surface area contributed by atoms with Gasteiger partial charge in [-0.15, -0.1) is 0 Å². The maximum absolute atomic E-state index is 10.2. The van der Waals surface area contributed by atoms with Crippen LogP contribution in [0, 0.1) is 0 Å². The minimum Gasteiger partial charge on any atom is -0.493 e. The Morgan fingerprint density at radius 2 is 1.86 bits per heavy atom. The van der Waals surface area contributed by atoms with Gasteiger partial charge in [0.15, 0.2) is 11.5 Å². The highest BCUT2D eigenvalue weighted by atomic mass is 16.5. The van der Waals surface area contributed by atoms with Gasteiger partial charge in [0.2, 0.25) is 0 Å². The number of rotatable bonds is 7. The van der Waals surface area contributed by atoms with Crippen molar-refractivity contribution in [3.05, 3.63) is 59.7 Å². The summed E-state index contributed by atoms with van der Waals surface area (Å²) in [6, 6.07) is 16.5. The average Bonchev–Trinajstić information content (AvgIpc) is 3.11. The summed E-state index contributed by atoms with van der Waals surface area (Å²) in [7, 11) is 3.49. The van der Waals surface area contributed by atoms with E-state index in [0.29, 0.717) is 6.61 Å². The second-order valence-corrected chi connectivity index (χ2v) is 8.19. The van der Waals surface area contributed by atoms with Crippen LogP contribution in [0.25, 0.3) is 0 Å². The minimum absolute atomic E-state index is 0.109. The molecule has 3 atom stereocenters. The smallest absolute Gasteiger partial charge is 0.161 e. The summed E-state index contributed by atoms with van der Waals surface area (Å²) in [6.45, 7) is 2.32. The third-order valence-corrected chi connectivity index (χ3v) is 6.52. The van der Waals surface area contributed by atoms with E-state index < -0.39 is 0 Å². The molecule has 0 aromatic heterocycles. The van der Waals surface area contributed by atoms with Crippen LogP contribution in [0.3, 0.4) is 0 Å². The van der Waals surface area contributed by atoms with Gasteiger partial charge in [-0.25, -0.2) is 0 Å². The van der Waals surface area contributed by atoms with Crippen molar-refractivity contribution < 1.29 is 19.3 Å². The summed E-state index contributed by atoms with van der Waals surface area (Å²) in [5, 5.41) is 10.2. The lowest BCUT2D eigenvalue weighted by Crippen LogP contribution is -2.51. The number of hydrogen-bond donors (Lipinski definition) is 1. The number of aliphatic hydroxyl groups excluding tert-OH is 1. The van der Waals surface area contributed by atoms with Crippen LogP contribution >= 0.6 is 0 Å². The number of aliphatic hydroxyl groups is 1. The molecular formula is C24H31NO4. The maximum atomic E-state index is 10.2. The van der Waals surface area contributed by atoms with Crippen LogP contribution in [0.5, 0.6) is 11.5 Å². The van der Waals surface area contributed by atoms with Crippen molar-refractivity contribution in [2.24, 2.45) is 0 Å². The van der Waals surface area contributed by atoms with Crippen LogP contribution in [0.1, 0.15) is 36.8 Å². The molecule has 0 amide bonds. The van der Waals surface area contributed by atoms with E-state index in [1.165, 1.54) is 5.56 Å².